The zero-order chi connectivity index (χ0) is 9.97. The number of nitrogens with one attached hydrogen (secondary N) is 1. The van der Waals surface area contributed by atoms with E-state index < -0.39 is 0 Å². The van der Waals surface area contributed by atoms with Crippen LogP contribution in [0.2, 0.25) is 0 Å². The molecule has 2 rings (SSSR count). The molecule has 2 aromatic rings. The van der Waals surface area contributed by atoms with Crippen LogP contribution in [-0.4, -0.2) is 21.3 Å². The monoisotopic (exact) mass is 209 g/mol. The molecule has 2 aromatic heterocycles. The lowest BCUT2D eigenvalue weighted by molar-refractivity contribution is 0.223. The van der Waals surface area contributed by atoms with Crippen LogP contribution in [0.25, 0.3) is 10.7 Å². The minimum atomic E-state index is 0.0991. The second-order valence-corrected chi connectivity index (χ2v) is 4.06. The van der Waals surface area contributed by atoms with Gasteiger partial charge in [0.05, 0.1) is 11.0 Å². The summed E-state index contributed by atoms with van der Waals surface area (Å²) in [5, 5.41) is 8.80. The highest BCUT2D eigenvalue weighted by atomic mass is 32.1. The highest BCUT2D eigenvalue weighted by Crippen LogP contribution is 2.21. The standard InChI is InChI=1S/C9H11N3OS/c1-6(2)13-9-10-8(11-12-9)7-4-3-5-14-7/h3-6H,1-2H3,(H,10,11,12). The van der Waals surface area contributed by atoms with Gasteiger partial charge in [0.2, 0.25) is 0 Å². The Morgan fingerprint density at radius 3 is 3.00 bits per heavy atom. The lowest BCUT2D eigenvalue weighted by Gasteiger charge is -2.02. The minimum Gasteiger partial charge on any atom is -0.460 e. The van der Waals surface area contributed by atoms with Gasteiger partial charge in [0.1, 0.15) is 0 Å². The van der Waals surface area contributed by atoms with Gasteiger partial charge in [0, 0.05) is 0 Å². The van der Waals surface area contributed by atoms with E-state index in [4.69, 9.17) is 4.74 Å². The lowest BCUT2D eigenvalue weighted by atomic mass is 10.4. The van der Waals surface area contributed by atoms with Crippen LogP contribution in [0.5, 0.6) is 6.01 Å². The fourth-order valence-corrected chi connectivity index (χ4v) is 1.70. The van der Waals surface area contributed by atoms with Crippen LogP contribution in [0.15, 0.2) is 17.5 Å². The van der Waals surface area contributed by atoms with Crippen molar-refractivity contribution < 1.29 is 4.74 Å². The van der Waals surface area contributed by atoms with E-state index in [2.05, 4.69) is 15.2 Å². The maximum atomic E-state index is 5.34. The predicted molar refractivity (Wildman–Crippen MR) is 55.5 cm³/mol. The Labute approximate surface area is 86.0 Å². The van der Waals surface area contributed by atoms with Crippen molar-refractivity contribution in [1.29, 1.82) is 0 Å². The Morgan fingerprint density at radius 2 is 2.36 bits per heavy atom. The number of ether oxygens (including phenoxy) is 1. The van der Waals surface area contributed by atoms with Crippen molar-refractivity contribution in [1.82, 2.24) is 15.2 Å². The number of hydrogen-bond acceptors (Lipinski definition) is 4. The molecule has 0 aromatic carbocycles. The van der Waals surface area contributed by atoms with Gasteiger partial charge >= 0.3 is 6.01 Å². The Balaban J connectivity index is 2.18. The van der Waals surface area contributed by atoms with Crippen LogP contribution < -0.4 is 4.74 Å². The quantitative estimate of drug-likeness (QED) is 0.844. The highest BCUT2D eigenvalue weighted by Gasteiger charge is 2.07. The molecule has 0 saturated heterocycles. The lowest BCUT2D eigenvalue weighted by Crippen LogP contribution is -2.06. The summed E-state index contributed by atoms with van der Waals surface area (Å²) in [6, 6.07) is 4.37. The summed E-state index contributed by atoms with van der Waals surface area (Å²) >= 11 is 1.62. The molecule has 74 valence electrons. The molecule has 0 aliphatic rings. The molecule has 4 nitrogen and oxygen atoms in total. The highest BCUT2D eigenvalue weighted by molar-refractivity contribution is 7.13. The first kappa shape index (κ1) is 9.21. The number of rotatable bonds is 3. The molecule has 0 bridgehead atoms. The SMILES string of the molecule is CC(C)Oc1n[nH]c(-c2cccs2)n1. The zero-order valence-electron chi connectivity index (χ0n) is 8.02. The molecule has 0 radical (unpaired) electrons. The van der Waals surface area contributed by atoms with Gasteiger partial charge in [0.25, 0.3) is 0 Å². The van der Waals surface area contributed by atoms with Gasteiger partial charge in [-0.05, 0) is 25.3 Å². The van der Waals surface area contributed by atoms with Gasteiger partial charge in [-0.1, -0.05) is 6.07 Å². The summed E-state index contributed by atoms with van der Waals surface area (Å²) < 4.78 is 5.34. The second-order valence-electron chi connectivity index (χ2n) is 3.11. The largest absolute Gasteiger partial charge is 0.460 e. The van der Waals surface area contributed by atoms with Crippen molar-refractivity contribution in [2.24, 2.45) is 0 Å². The van der Waals surface area contributed by atoms with E-state index >= 15 is 0 Å². The zero-order valence-corrected chi connectivity index (χ0v) is 8.84. The van der Waals surface area contributed by atoms with Crippen molar-refractivity contribution >= 4 is 11.3 Å². The molecule has 0 atom stereocenters. The molecular weight excluding hydrogens is 198 g/mol. The molecule has 1 N–H and O–H groups in total. The topological polar surface area (TPSA) is 50.8 Å². The van der Waals surface area contributed by atoms with E-state index in [0.29, 0.717) is 6.01 Å². The van der Waals surface area contributed by atoms with Crippen LogP contribution in [0.1, 0.15) is 13.8 Å². The molecule has 0 aliphatic carbocycles. The Bertz CT molecular complexity index is 394. The van der Waals surface area contributed by atoms with Crippen molar-refractivity contribution in [3.05, 3.63) is 17.5 Å². The summed E-state index contributed by atoms with van der Waals surface area (Å²) in [4.78, 5) is 5.28. The van der Waals surface area contributed by atoms with Crippen molar-refractivity contribution in [3.63, 3.8) is 0 Å². The third-order valence-electron chi connectivity index (χ3n) is 1.56. The summed E-state index contributed by atoms with van der Waals surface area (Å²) in [6.45, 7) is 3.89. The van der Waals surface area contributed by atoms with Crippen molar-refractivity contribution in [2.45, 2.75) is 20.0 Å². The third kappa shape index (κ3) is 1.93. The van der Waals surface area contributed by atoms with Crippen LogP contribution in [0, 0.1) is 0 Å². The molecule has 0 aliphatic heterocycles. The first-order chi connectivity index (χ1) is 6.75. The molecular formula is C9H11N3OS. The Kier molecular flexibility index (Phi) is 2.49. The molecule has 0 saturated carbocycles. The van der Waals surface area contributed by atoms with E-state index in [9.17, 15) is 0 Å². The third-order valence-corrected chi connectivity index (χ3v) is 2.44. The number of aromatic nitrogens is 3. The summed E-state index contributed by atoms with van der Waals surface area (Å²) in [7, 11) is 0. The van der Waals surface area contributed by atoms with E-state index in [1.54, 1.807) is 11.3 Å². The van der Waals surface area contributed by atoms with Crippen LogP contribution >= 0.6 is 11.3 Å². The van der Waals surface area contributed by atoms with Gasteiger partial charge in [-0.25, -0.2) is 0 Å². The fourth-order valence-electron chi connectivity index (χ4n) is 1.03. The maximum Gasteiger partial charge on any atom is 0.336 e. The van der Waals surface area contributed by atoms with Crippen LogP contribution in [0.3, 0.4) is 0 Å². The van der Waals surface area contributed by atoms with Gasteiger partial charge in [-0.3, -0.25) is 5.10 Å². The normalized spacial score (nSPS) is 10.8. The van der Waals surface area contributed by atoms with E-state index in [-0.39, 0.29) is 6.10 Å². The molecule has 2 heterocycles. The Hall–Kier alpha value is -1.36. The number of thiophene rings is 1. The number of nitrogens with zero attached hydrogens (tertiary/aromatic N) is 2. The average molecular weight is 209 g/mol. The van der Waals surface area contributed by atoms with Crippen molar-refractivity contribution in [3.8, 4) is 16.7 Å². The predicted octanol–water partition coefficient (Wildman–Crippen LogP) is 2.32. The molecule has 5 heteroatoms. The summed E-state index contributed by atoms with van der Waals surface area (Å²) in [6.07, 6.45) is 0.0991. The maximum absolute atomic E-state index is 5.34. The second kappa shape index (κ2) is 3.79. The molecule has 0 amide bonds. The minimum absolute atomic E-state index is 0.0991. The van der Waals surface area contributed by atoms with E-state index in [0.717, 1.165) is 10.7 Å². The first-order valence-electron chi connectivity index (χ1n) is 4.38. The fraction of sp³-hybridized carbons (Fsp3) is 0.333. The van der Waals surface area contributed by atoms with Crippen LogP contribution in [0.4, 0.5) is 0 Å². The first-order valence-corrected chi connectivity index (χ1v) is 5.26. The Morgan fingerprint density at radius 1 is 1.50 bits per heavy atom. The average Bonchev–Trinajstić information content (AvgIpc) is 2.69. The van der Waals surface area contributed by atoms with E-state index in [1.165, 1.54) is 0 Å². The molecule has 0 spiro atoms. The molecule has 0 unspecified atom stereocenters. The molecule has 14 heavy (non-hydrogen) atoms. The van der Waals surface area contributed by atoms with E-state index in [1.807, 2.05) is 31.4 Å². The number of hydrogen-bond donors (Lipinski definition) is 1. The van der Waals surface area contributed by atoms with Crippen LogP contribution in [-0.2, 0) is 0 Å². The molecule has 0 fully saturated rings. The summed E-state index contributed by atoms with van der Waals surface area (Å²) in [5.74, 6) is 0.760. The smallest absolute Gasteiger partial charge is 0.336 e. The van der Waals surface area contributed by atoms with Gasteiger partial charge in [0.15, 0.2) is 5.82 Å². The van der Waals surface area contributed by atoms with Gasteiger partial charge in [-0.2, -0.15) is 4.98 Å². The number of aromatic amines is 1. The summed E-state index contributed by atoms with van der Waals surface area (Å²) in [5.41, 5.74) is 0. The van der Waals surface area contributed by atoms with Gasteiger partial charge in [-0.15, -0.1) is 16.4 Å². The van der Waals surface area contributed by atoms with Gasteiger partial charge < -0.3 is 4.74 Å². The van der Waals surface area contributed by atoms with Crippen molar-refractivity contribution in [2.75, 3.05) is 0 Å². The number of H-pyrrole nitrogens is 1.